The molecular weight excluding hydrogens is 232 g/mol. The molecule has 0 radical (unpaired) electrons. The molecule has 0 saturated carbocycles. The van der Waals surface area contributed by atoms with Crippen molar-refractivity contribution in [3.63, 3.8) is 0 Å². The predicted molar refractivity (Wildman–Crippen MR) is 69.9 cm³/mol. The van der Waals surface area contributed by atoms with Crippen LogP contribution in [-0.4, -0.2) is 14.7 Å². The first kappa shape index (κ1) is 14.7. The summed E-state index contributed by atoms with van der Waals surface area (Å²) in [6, 6.07) is 0. The third-order valence-electron chi connectivity index (χ3n) is 1.28. The molecule has 0 aromatic carbocycles. The van der Waals surface area contributed by atoms with Crippen LogP contribution in [0.25, 0.3) is 0 Å². The second kappa shape index (κ2) is 7.90. The molecule has 0 atom stereocenters. The van der Waals surface area contributed by atoms with E-state index in [9.17, 15) is 8.42 Å². The van der Waals surface area contributed by atoms with Gasteiger partial charge in [-0.05, 0) is 42.6 Å². The van der Waals surface area contributed by atoms with E-state index < -0.39 is 9.84 Å². The molecule has 0 spiro atoms. The Bertz CT molecular complexity index is 661. The van der Waals surface area contributed by atoms with E-state index in [-0.39, 0.29) is 4.91 Å². The number of hydrogen-bond donors (Lipinski definition) is 0. The van der Waals surface area contributed by atoms with Crippen LogP contribution in [0.15, 0.2) is 23.6 Å². The first-order valence-electron chi connectivity index (χ1n) is 4.47. The van der Waals surface area contributed by atoms with Gasteiger partial charge in [-0.3, -0.25) is 0 Å². The van der Waals surface area contributed by atoms with Gasteiger partial charge in [0, 0.05) is 12.3 Å². The average molecular weight is 242 g/mol. The summed E-state index contributed by atoms with van der Waals surface area (Å²) in [4.78, 5) is -0.0822. The summed E-state index contributed by atoms with van der Waals surface area (Å²) >= 11 is 0. The molecular formula is C14H10O2S. The molecule has 0 aromatic rings. The number of hydrogen-bond acceptors (Lipinski definition) is 2. The first-order chi connectivity index (χ1) is 8.02. The van der Waals surface area contributed by atoms with Gasteiger partial charge in [0.15, 0.2) is 9.84 Å². The largest absolute Gasteiger partial charge is 0.223 e. The van der Waals surface area contributed by atoms with Crippen molar-refractivity contribution in [2.45, 2.75) is 6.92 Å². The molecule has 0 aliphatic heterocycles. The van der Waals surface area contributed by atoms with E-state index in [0.717, 1.165) is 6.26 Å². The van der Waals surface area contributed by atoms with Crippen molar-refractivity contribution < 1.29 is 8.42 Å². The van der Waals surface area contributed by atoms with Crippen molar-refractivity contribution in [1.82, 2.24) is 0 Å². The topological polar surface area (TPSA) is 34.1 Å². The Balaban J connectivity index is 5.30. The van der Waals surface area contributed by atoms with Crippen LogP contribution in [0.4, 0.5) is 0 Å². The maximum atomic E-state index is 11.3. The summed E-state index contributed by atoms with van der Waals surface area (Å²) < 4.78 is 22.6. The van der Waals surface area contributed by atoms with Crippen LogP contribution in [-0.2, 0) is 9.84 Å². The van der Waals surface area contributed by atoms with Gasteiger partial charge in [0.05, 0.1) is 0 Å². The van der Waals surface area contributed by atoms with Crippen LogP contribution in [0.1, 0.15) is 6.92 Å². The van der Waals surface area contributed by atoms with E-state index in [0.29, 0.717) is 0 Å². The van der Waals surface area contributed by atoms with Crippen molar-refractivity contribution >= 4 is 9.84 Å². The highest BCUT2D eigenvalue weighted by molar-refractivity contribution is 7.94. The van der Waals surface area contributed by atoms with E-state index in [2.05, 4.69) is 53.9 Å². The van der Waals surface area contributed by atoms with Crippen molar-refractivity contribution in [3.8, 4) is 47.4 Å². The lowest BCUT2D eigenvalue weighted by Crippen LogP contribution is -1.98. The SMILES string of the molecule is C=CC#CC#CC(=CC#CC#CC)S(C)(=O)=O. The molecule has 0 unspecified atom stereocenters. The van der Waals surface area contributed by atoms with Crippen LogP contribution >= 0.6 is 0 Å². The molecule has 0 heterocycles. The fourth-order valence-electron chi connectivity index (χ4n) is 0.616. The van der Waals surface area contributed by atoms with Crippen molar-refractivity contribution in [2.24, 2.45) is 0 Å². The lowest BCUT2D eigenvalue weighted by Gasteiger charge is -1.90. The minimum atomic E-state index is -3.40. The second-order valence-corrected chi connectivity index (χ2v) is 4.63. The predicted octanol–water partition coefficient (Wildman–Crippen LogP) is 1.13. The zero-order chi connectivity index (χ0) is 13.1. The van der Waals surface area contributed by atoms with E-state index in [1.165, 1.54) is 12.2 Å². The van der Waals surface area contributed by atoms with Crippen LogP contribution in [0, 0.1) is 47.4 Å². The van der Waals surface area contributed by atoms with Crippen LogP contribution < -0.4 is 0 Å². The van der Waals surface area contributed by atoms with Crippen LogP contribution in [0.3, 0.4) is 0 Å². The summed E-state index contributed by atoms with van der Waals surface area (Å²) in [6.45, 7) is 5.02. The van der Waals surface area contributed by atoms with Gasteiger partial charge < -0.3 is 0 Å². The van der Waals surface area contributed by atoms with Gasteiger partial charge in [0.25, 0.3) is 0 Å². The van der Waals surface area contributed by atoms with E-state index in [1.807, 2.05) is 0 Å². The molecule has 0 bridgehead atoms. The standard InChI is InChI=1S/C14H10O2S/c1-4-6-8-10-12-14(17(3,15)16)13-11-9-7-5-2/h4,13H,1H2,2-3H3. The third kappa shape index (κ3) is 7.58. The number of rotatable bonds is 1. The molecule has 0 aromatic heterocycles. The summed E-state index contributed by atoms with van der Waals surface area (Å²) in [7, 11) is -3.40. The second-order valence-electron chi connectivity index (χ2n) is 2.65. The molecule has 17 heavy (non-hydrogen) atoms. The zero-order valence-electron chi connectivity index (χ0n) is 9.59. The van der Waals surface area contributed by atoms with Gasteiger partial charge in [-0.2, -0.15) is 0 Å². The maximum absolute atomic E-state index is 11.3. The fraction of sp³-hybridized carbons (Fsp3) is 0.143. The van der Waals surface area contributed by atoms with E-state index >= 15 is 0 Å². The Kier molecular flexibility index (Phi) is 6.81. The first-order valence-corrected chi connectivity index (χ1v) is 6.36. The van der Waals surface area contributed by atoms with Crippen LogP contribution in [0.2, 0.25) is 0 Å². The molecule has 84 valence electrons. The lowest BCUT2D eigenvalue weighted by molar-refractivity contribution is 0.608. The zero-order valence-corrected chi connectivity index (χ0v) is 10.4. The molecule has 0 saturated heterocycles. The quantitative estimate of drug-likeness (QED) is 0.646. The highest BCUT2D eigenvalue weighted by atomic mass is 32.2. The number of sulfone groups is 1. The number of allylic oxidation sites excluding steroid dienone is 3. The Morgan fingerprint density at radius 1 is 1.12 bits per heavy atom. The average Bonchev–Trinajstić information content (AvgIpc) is 2.25. The van der Waals surface area contributed by atoms with Gasteiger partial charge in [-0.25, -0.2) is 8.42 Å². The summed E-state index contributed by atoms with van der Waals surface area (Å²) in [5, 5.41) is 0. The third-order valence-corrected chi connectivity index (χ3v) is 2.30. The molecule has 3 heteroatoms. The Hall–Kier alpha value is -2.33. The molecule has 0 aliphatic carbocycles. The van der Waals surface area contributed by atoms with E-state index in [4.69, 9.17) is 0 Å². The van der Waals surface area contributed by atoms with Gasteiger partial charge in [0.2, 0.25) is 0 Å². The fourth-order valence-corrected chi connectivity index (χ4v) is 1.13. The molecule has 0 N–H and O–H groups in total. The highest BCUT2D eigenvalue weighted by Crippen LogP contribution is 2.01. The molecule has 0 fully saturated rings. The highest BCUT2D eigenvalue weighted by Gasteiger charge is 2.06. The summed E-state index contributed by atoms with van der Waals surface area (Å²) in [5.74, 6) is 19.8. The lowest BCUT2D eigenvalue weighted by atomic mass is 10.4. The minimum Gasteiger partial charge on any atom is -0.223 e. The van der Waals surface area contributed by atoms with E-state index in [1.54, 1.807) is 6.92 Å². The van der Waals surface area contributed by atoms with Crippen molar-refractivity contribution in [2.75, 3.05) is 6.26 Å². The Morgan fingerprint density at radius 3 is 2.29 bits per heavy atom. The monoisotopic (exact) mass is 242 g/mol. The normalized spacial score (nSPS) is 8.94. The van der Waals surface area contributed by atoms with Gasteiger partial charge in [-0.1, -0.05) is 24.3 Å². The Labute approximate surface area is 103 Å². The maximum Gasteiger partial charge on any atom is 0.184 e. The molecule has 0 rings (SSSR count). The summed E-state index contributed by atoms with van der Waals surface area (Å²) in [5.41, 5.74) is 0. The molecule has 0 aliphatic rings. The van der Waals surface area contributed by atoms with Crippen LogP contribution in [0.5, 0.6) is 0 Å². The van der Waals surface area contributed by atoms with Gasteiger partial charge >= 0.3 is 0 Å². The molecule has 2 nitrogen and oxygen atoms in total. The van der Waals surface area contributed by atoms with Gasteiger partial charge in [0.1, 0.15) is 4.91 Å². The smallest absolute Gasteiger partial charge is 0.184 e. The molecule has 0 amide bonds. The van der Waals surface area contributed by atoms with Crippen molar-refractivity contribution in [1.29, 1.82) is 0 Å². The minimum absolute atomic E-state index is 0.0822. The van der Waals surface area contributed by atoms with Gasteiger partial charge in [-0.15, -0.1) is 0 Å². The summed E-state index contributed by atoms with van der Waals surface area (Å²) in [6.07, 6.45) is 3.64. The van der Waals surface area contributed by atoms with Crippen molar-refractivity contribution in [3.05, 3.63) is 23.6 Å². The Morgan fingerprint density at radius 2 is 1.76 bits per heavy atom.